The summed E-state index contributed by atoms with van der Waals surface area (Å²) in [5.74, 6) is -0.0222. The monoisotopic (exact) mass is 374 g/mol. The van der Waals surface area contributed by atoms with Crippen LogP contribution in [0.1, 0.15) is 29.6 Å². The normalized spacial score (nSPS) is 14.1. The fourth-order valence-electron chi connectivity index (χ4n) is 1.80. The molecule has 0 saturated heterocycles. The van der Waals surface area contributed by atoms with Gasteiger partial charge >= 0.3 is 0 Å². The van der Waals surface area contributed by atoms with Crippen molar-refractivity contribution in [1.29, 1.82) is 5.26 Å². The number of rotatable bonds is 4. The van der Waals surface area contributed by atoms with E-state index in [9.17, 15) is 4.79 Å². The highest BCUT2D eigenvalue weighted by Gasteiger charge is 2.32. The summed E-state index contributed by atoms with van der Waals surface area (Å²) in [4.78, 5) is 14.1. The molecule has 0 aromatic heterocycles. The zero-order valence-corrected chi connectivity index (χ0v) is 12.6. The zero-order valence-electron chi connectivity index (χ0n) is 9.70. The number of hydrogen-bond donors (Lipinski definition) is 0. The van der Waals surface area contributed by atoms with Crippen molar-refractivity contribution in [2.24, 2.45) is 0 Å². The van der Waals surface area contributed by atoms with Gasteiger partial charge in [0.25, 0.3) is 5.91 Å². The molecule has 3 nitrogen and oxygen atoms in total. The van der Waals surface area contributed by atoms with Crippen LogP contribution in [0, 0.1) is 14.9 Å². The molecule has 18 heavy (non-hydrogen) atoms. The molecule has 0 atom stereocenters. The summed E-state index contributed by atoms with van der Waals surface area (Å²) in [5.41, 5.74) is 0.602. The first-order chi connectivity index (χ1) is 8.63. The second kappa shape index (κ2) is 5.89. The van der Waals surface area contributed by atoms with Crippen LogP contribution < -0.4 is 0 Å². The van der Waals surface area contributed by atoms with Gasteiger partial charge in [0.1, 0.15) is 0 Å². The number of hydrogen-bond acceptors (Lipinski definition) is 2. The lowest BCUT2D eigenvalue weighted by atomic mass is 10.2. The zero-order chi connectivity index (χ0) is 13.1. The van der Waals surface area contributed by atoms with Crippen molar-refractivity contribution >= 4 is 40.1 Å². The number of halogens is 2. The highest BCUT2D eigenvalue weighted by Crippen LogP contribution is 2.29. The second-order valence-corrected chi connectivity index (χ2v) is 5.84. The van der Waals surface area contributed by atoms with Crippen LogP contribution in [0.25, 0.3) is 0 Å². The lowest BCUT2D eigenvalue weighted by molar-refractivity contribution is 0.0747. The van der Waals surface area contributed by atoms with Gasteiger partial charge < -0.3 is 4.90 Å². The Morgan fingerprint density at radius 2 is 2.28 bits per heavy atom. The molecule has 1 aliphatic rings. The van der Waals surface area contributed by atoms with Crippen LogP contribution >= 0.6 is 34.2 Å². The van der Waals surface area contributed by atoms with Gasteiger partial charge in [-0.15, -0.1) is 0 Å². The first-order valence-electron chi connectivity index (χ1n) is 5.76. The largest absolute Gasteiger partial charge is 0.335 e. The van der Waals surface area contributed by atoms with Crippen LogP contribution in [0.4, 0.5) is 0 Å². The Hall–Kier alpha value is -0.800. The maximum Gasteiger partial charge on any atom is 0.254 e. The smallest absolute Gasteiger partial charge is 0.254 e. The van der Waals surface area contributed by atoms with Gasteiger partial charge in [-0.25, -0.2) is 0 Å². The van der Waals surface area contributed by atoms with E-state index in [1.807, 2.05) is 6.07 Å². The standard InChI is InChI=1S/C13H12ClIN2O/c14-11-8-9(2-5-12(11)15)13(18)17(7-1-6-16)10-3-4-10/h2,5,8,10H,1,3-4,7H2. The van der Waals surface area contributed by atoms with Crippen molar-refractivity contribution in [3.63, 3.8) is 0 Å². The molecule has 2 rings (SSSR count). The molecule has 1 aromatic carbocycles. The minimum absolute atomic E-state index is 0.0222. The van der Waals surface area contributed by atoms with Crippen LogP contribution in [0.5, 0.6) is 0 Å². The van der Waals surface area contributed by atoms with E-state index < -0.39 is 0 Å². The van der Waals surface area contributed by atoms with E-state index in [-0.39, 0.29) is 5.91 Å². The van der Waals surface area contributed by atoms with Gasteiger partial charge in [-0.2, -0.15) is 5.26 Å². The number of carbonyl (C=O) groups excluding carboxylic acids is 1. The predicted molar refractivity (Wildman–Crippen MR) is 78.5 cm³/mol. The summed E-state index contributed by atoms with van der Waals surface area (Å²) >= 11 is 8.16. The summed E-state index contributed by atoms with van der Waals surface area (Å²) < 4.78 is 0.931. The lowest BCUT2D eigenvalue weighted by Gasteiger charge is -2.21. The topological polar surface area (TPSA) is 44.1 Å². The Balaban J connectivity index is 2.17. The minimum Gasteiger partial charge on any atom is -0.335 e. The molecule has 0 spiro atoms. The Kier molecular flexibility index (Phi) is 4.46. The summed E-state index contributed by atoms with van der Waals surface area (Å²) in [6.45, 7) is 0.504. The summed E-state index contributed by atoms with van der Waals surface area (Å²) in [6.07, 6.45) is 2.45. The van der Waals surface area contributed by atoms with Gasteiger partial charge in [0.2, 0.25) is 0 Å². The van der Waals surface area contributed by atoms with Crippen molar-refractivity contribution < 1.29 is 4.79 Å². The Bertz CT molecular complexity index is 508. The van der Waals surface area contributed by atoms with Gasteiger partial charge in [-0.05, 0) is 53.6 Å². The molecule has 5 heteroatoms. The van der Waals surface area contributed by atoms with Gasteiger partial charge in [0, 0.05) is 21.7 Å². The van der Waals surface area contributed by atoms with Crippen molar-refractivity contribution in [2.75, 3.05) is 6.54 Å². The molecule has 1 aliphatic carbocycles. The molecule has 1 fully saturated rings. The fourth-order valence-corrected chi connectivity index (χ4v) is 2.32. The molecular formula is C13H12ClIN2O. The quantitative estimate of drug-likeness (QED) is 0.758. The maximum atomic E-state index is 12.4. The molecule has 0 unspecified atom stereocenters. The lowest BCUT2D eigenvalue weighted by Crippen LogP contribution is -2.33. The molecule has 94 valence electrons. The van der Waals surface area contributed by atoms with E-state index in [4.69, 9.17) is 16.9 Å². The molecule has 0 heterocycles. The Morgan fingerprint density at radius 3 is 2.83 bits per heavy atom. The molecule has 0 radical (unpaired) electrons. The minimum atomic E-state index is -0.0222. The van der Waals surface area contributed by atoms with Gasteiger partial charge in [-0.1, -0.05) is 11.6 Å². The van der Waals surface area contributed by atoms with Crippen LogP contribution in [-0.2, 0) is 0 Å². The predicted octanol–water partition coefficient (Wildman–Crippen LogP) is 3.46. The number of benzene rings is 1. The molecular weight excluding hydrogens is 363 g/mol. The number of amides is 1. The molecule has 1 aromatic rings. The van der Waals surface area contributed by atoms with Crippen LogP contribution in [0.2, 0.25) is 5.02 Å². The number of carbonyl (C=O) groups is 1. The summed E-state index contributed by atoms with van der Waals surface area (Å²) in [6, 6.07) is 7.73. The van der Waals surface area contributed by atoms with Crippen molar-refractivity contribution in [1.82, 2.24) is 4.90 Å². The SMILES string of the molecule is N#CCCN(C(=O)c1ccc(I)c(Cl)c1)C1CC1. The van der Waals surface area contributed by atoms with Crippen molar-refractivity contribution in [3.05, 3.63) is 32.4 Å². The van der Waals surface area contributed by atoms with Crippen LogP contribution in [0.15, 0.2) is 18.2 Å². The second-order valence-electron chi connectivity index (χ2n) is 4.27. The Labute approximate surface area is 125 Å². The molecule has 0 N–H and O–H groups in total. The average Bonchev–Trinajstić information content (AvgIpc) is 3.17. The third-order valence-corrected chi connectivity index (χ3v) is 4.45. The first-order valence-corrected chi connectivity index (χ1v) is 7.22. The van der Waals surface area contributed by atoms with Crippen LogP contribution in [0.3, 0.4) is 0 Å². The summed E-state index contributed by atoms with van der Waals surface area (Å²) in [5, 5.41) is 9.24. The van der Waals surface area contributed by atoms with E-state index in [0.29, 0.717) is 29.6 Å². The van der Waals surface area contributed by atoms with Gasteiger partial charge in [-0.3, -0.25) is 4.79 Å². The molecule has 0 aliphatic heterocycles. The molecule has 1 saturated carbocycles. The summed E-state index contributed by atoms with van der Waals surface area (Å²) in [7, 11) is 0. The molecule has 1 amide bonds. The highest BCUT2D eigenvalue weighted by atomic mass is 127. The van der Waals surface area contributed by atoms with Crippen molar-refractivity contribution in [2.45, 2.75) is 25.3 Å². The van der Waals surface area contributed by atoms with Crippen LogP contribution in [-0.4, -0.2) is 23.4 Å². The third-order valence-electron chi connectivity index (χ3n) is 2.88. The van der Waals surface area contributed by atoms with Gasteiger partial charge in [0.05, 0.1) is 17.5 Å². The Morgan fingerprint density at radius 1 is 1.56 bits per heavy atom. The first kappa shape index (κ1) is 13.6. The average molecular weight is 375 g/mol. The van der Waals surface area contributed by atoms with Crippen molar-refractivity contribution in [3.8, 4) is 6.07 Å². The van der Waals surface area contributed by atoms with E-state index in [0.717, 1.165) is 16.4 Å². The van der Waals surface area contributed by atoms with E-state index in [1.165, 1.54) is 0 Å². The number of nitriles is 1. The van der Waals surface area contributed by atoms with E-state index in [2.05, 4.69) is 28.7 Å². The third kappa shape index (κ3) is 3.15. The maximum absolute atomic E-state index is 12.4. The molecule has 0 bridgehead atoms. The number of nitrogens with zero attached hydrogens (tertiary/aromatic N) is 2. The van der Waals surface area contributed by atoms with Gasteiger partial charge in [0.15, 0.2) is 0 Å². The van der Waals surface area contributed by atoms with E-state index in [1.54, 1.807) is 17.0 Å². The fraction of sp³-hybridized carbons (Fsp3) is 0.385. The highest BCUT2D eigenvalue weighted by molar-refractivity contribution is 14.1. The van der Waals surface area contributed by atoms with E-state index >= 15 is 0 Å².